The van der Waals surface area contributed by atoms with Crippen LogP contribution in [0.2, 0.25) is 0 Å². The standard InChI is InChI=1S/C22H35N3O3.HI/c1-2-23-22(25-19-6-8-20(26)9-7-19)24-15-17-4-3-5-18(14-17)16-28-21-10-12-27-13-11-21;/h3-5,14,19-21,26H,2,6-13,15-16H2,1H3,(H2,23,24,25);1H. The molecule has 1 heterocycles. The van der Waals surface area contributed by atoms with E-state index in [1.54, 1.807) is 0 Å². The molecule has 1 aliphatic heterocycles. The highest BCUT2D eigenvalue weighted by molar-refractivity contribution is 14.0. The number of aliphatic hydroxyl groups is 1. The van der Waals surface area contributed by atoms with Crippen LogP contribution in [-0.2, 0) is 22.6 Å². The molecule has 0 aromatic heterocycles. The maximum Gasteiger partial charge on any atom is 0.191 e. The summed E-state index contributed by atoms with van der Waals surface area (Å²) in [6.45, 7) is 5.80. The molecule has 2 aliphatic rings. The average molecular weight is 517 g/mol. The molecule has 164 valence electrons. The van der Waals surface area contributed by atoms with Gasteiger partial charge in [-0.25, -0.2) is 4.99 Å². The van der Waals surface area contributed by atoms with Crippen LogP contribution in [0.1, 0.15) is 56.6 Å². The maximum absolute atomic E-state index is 9.68. The lowest BCUT2D eigenvalue weighted by atomic mass is 9.93. The van der Waals surface area contributed by atoms with Crippen LogP contribution in [-0.4, -0.2) is 49.1 Å². The molecule has 0 spiro atoms. The molecule has 0 amide bonds. The molecular formula is C22H36IN3O3. The number of nitrogens with zero attached hydrogens (tertiary/aromatic N) is 1. The number of ether oxygens (including phenoxy) is 2. The van der Waals surface area contributed by atoms with Crippen LogP contribution < -0.4 is 10.6 Å². The topological polar surface area (TPSA) is 75.1 Å². The van der Waals surface area contributed by atoms with Crippen molar-refractivity contribution in [3.8, 4) is 0 Å². The third-order valence-corrected chi connectivity index (χ3v) is 5.45. The fraction of sp³-hybridized carbons (Fsp3) is 0.682. The second-order valence-corrected chi connectivity index (χ2v) is 7.79. The van der Waals surface area contributed by atoms with Crippen LogP contribution in [0.25, 0.3) is 0 Å². The van der Waals surface area contributed by atoms with Crippen LogP contribution in [0.3, 0.4) is 0 Å². The molecule has 1 aliphatic carbocycles. The summed E-state index contributed by atoms with van der Waals surface area (Å²) in [5.74, 6) is 0.854. The van der Waals surface area contributed by atoms with Crippen molar-refractivity contribution in [2.75, 3.05) is 19.8 Å². The van der Waals surface area contributed by atoms with E-state index in [2.05, 4.69) is 41.8 Å². The number of benzene rings is 1. The van der Waals surface area contributed by atoms with Crippen molar-refractivity contribution in [1.82, 2.24) is 10.6 Å². The molecule has 6 nitrogen and oxygen atoms in total. The van der Waals surface area contributed by atoms with Crippen molar-refractivity contribution in [3.05, 3.63) is 35.4 Å². The Kier molecular flexibility index (Phi) is 11.3. The number of hydrogen-bond acceptors (Lipinski definition) is 4. The smallest absolute Gasteiger partial charge is 0.191 e. The molecule has 0 unspecified atom stereocenters. The Labute approximate surface area is 191 Å². The Morgan fingerprint density at radius 3 is 2.59 bits per heavy atom. The fourth-order valence-corrected chi connectivity index (χ4v) is 3.78. The summed E-state index contributed by atoms with van der Waals surface area (Å²) in [4.78, 5) is 4.76. The molecule has 0 atom stereocenters. The van der Waals surface area contributed by atoms with Crippen molar-refractivity contribution in [2.24, 2.45) is 4.99 Å². The molecule has 29 heavy (non-hydrogen) atoms. The molecule has 1 saturated heterocycles. The summed E-state index contributed by atoms with van der Waals surface area (Å²) in [6.07, 6.45) is 5.87. The first kappa shape index (κ1) is 24.4. The molecule has 1 aromatic carbocycles. The number of aliphatic imine (C=N–C) groups is 1. The van der Waals surface area contributed by atoms with Gasteiger partial charge < -0.3 is 25.2 Å². The van der Waals surface area contributed by atoms with E-state index in [9.17, 15) is 5.11 Å². The lowest BCUT2D eigenvalue weighted by Crippen LogP contribution is -2.45. The van der Waals surface area contributed by atoms with Gasteiger partial charge in [0.1, 0.15) is 0 Å². The van der Waals surface area contributed by atoms with Gasteiger partial charge in [0.05, 0.1) is 25.4 Å². The summed E-state index contributed by atoms with van der Waals surface area (Å²) >= 11 is 0. The van der Waals surface area contributed by atoms with Crippen molar-refractivity contribution < 1.29 is 14.6 Å². The van der Waals surface area contributed by atoms with E-state index < -0.39 is 0 Å². The summed E-state index contributed by atoms with van der Waals surface area (Å²) in [6, 6.07) is 8.88. The molecular weight excluding hydrogens is 481 g/mol. The van der Waals surface area contributed by atoms with Gasteiger partial charge in [-0.15, -0.1) is 24.0 Å². The maximum atomic E-state index is 9.68. The fourth-order valence-electron chi connectivity index (χ4n) is 3.78. The van der Waals surface area contributed by atoms with E-state index in [1.807, 2.05) is 0 Å². The number of aliphatic hydroxyl groups excluding tert-OH is 1. The Morgan fingerprint density at radius 2 is 1.86 bits per heavy atom. The number of halogens is 1. The quantitative estimate of drug-likeness (QED) is 0.294. The normalized spacial score (nSPS) is 23.3. The summed E-state index contributed by atoms with van der Waals surface area (Å²) in [5, 5.41) is 16.5. The third-order valence-electron chi connectivity index (χ3n) is 5.45. The number of nitrogens with one attached hydrogen (secondary N) is 2. The molecule has 2 fully saturated rings. The highest BCUT2D eigenvalue weighted by Crippen LogP contribution is 2.18. The highest BCUT2D eigenvalue weighted by atomic mass is 127. The van der Waals surface area contributed by atoms with Crippen LogP contribution in [0.15, 0.2) is 29.3 Å². The average Bonchev–Trinajstić information content (AvgIpc) is 2.73. The molecule has 1 saturated carbocycles. The molecule has 1 aromatic rings. The Hall–Kier alpha value is -0.900. The zero-order chi connectivity index (χ0) is 19.6. The van der Waals surface area contributed by atoms with Gasteiger partial charge in [0.2, 0.25) is 0 Å². The minimum Gasteiger partial charge on any atom is -0.393 e. The minimum absolute atomic E-state index is 0. The lowest BCUT2D eigenvalue weighted by Gasteiger charge is -2.27. The summed E-state index contributed by atoms with van der Waals surface area (Å²) in [5.41, 5.74) is 2.38. The largest absolute Gasteiger partial charge is 0.393 e. The van der Waals surface area contributed by atoms with Gasteiger partial charge in [-0.05, 0) is 56.6 Å². The van der Waals surface area contributed by atoms with Gasteiger partial charge in [0.15, 0.2) is 5.96 Å². The summed E-state index contributed by atoms with van der Waals surface area (Å²) < 4.78 is 11.4. The van der Waals surface area contributed by atoms with Gasteiger partial charge in [-0.2, -0.15) is 0 Å². The van der Waals surface area contributed by atoms with E-state index in [-0.39, 0.29) is 30.1 Å². The predicted molar refractivity (Wildman–Crippen MR) is 127 cm³/mol. The van der Waals surface area contributed by atoms with E-state index in [0.29, 0.717) is 25.3 Å². The van der Waals surface area contributed by atoms with Crippen LogP contribution in [0, 0.1) is 0 Å². The van der Waals surface area contributed by atoms with E-state index in [1.165, 1.54) is 11.1 Å². The number of guanidine groups is 1. The summed E-state index contributed by atoms with van der Waals surface area (Å²) in [7, 11) is 0. The second kappa shape index (κ2) is 13.4. The molecule has 3 rings (SSSR count). The van der Waals surface area contributed by atoms with Gasteiger partial charge >= 0.3 is 0 Å². The predicted octanol–water partition coefficient (Wildman–Crippen LogP) is 3.36. The number of rotatable bonds is 7. The number of hydrogen-bond donors (Lipinski definition) is 3. The van der Waals surface area contributed by atoms with Crippen LogP contribution >= 0.6 is 24.0 Å². The first-order valence-electron chi connectivity index (χ1n) is 10.7. The molecule has 0 radical (unpaired) electrons. The van der Waals surface area contributed by atoms with Gasteiger partial charge in [-0.1, -0.05) is 24.3 Å². The zero-order valence-electron chi connectivity index (χ0n) is 17.4. The Morgan fingerprint density at radius 1 is 1.14 bits per heavy atom. The Balaban J connectivity index is 0.00000300. The van der Waals surface area contributed by atoms with Crippen LogP contribution in [0.5, 0.6) is 0 Å². The van der Waals surface area contributed by atoms with Gasteiger partial charge in [0, 0.05) is 25.8 Å². The van der Waals surface area contributed by atoms with E-state index >= 15 is 0 Å². The minimum atomic E-state index is -0.135. The van der Waals surface area contributed by atoms with Crippen molar-refractivity contribution >= 4 is 29.9 Å². The lowest BCUT2D eigenvalue weighted by molar-refractivity contribution is -0.0390. The van der Waals surface area contributed by atoms with Crippen molar-refractivity contribution in [3.63, 3.8) is 0 Å². The monoisotopic (exact) mass is 517 g/mol. The molecule has 0 bridgehead atoms. The molecule has 7 heteroatoms. The SMILES string of the molecule is CCNC(=NCc1cccc(COC2CCOCC2)c1)NC1CCC(O)CC1.I. The van der Waals surface area contributed by atoms with Gasteiger partial charge in [-0.3, -0.25) is 0 Å². The molecule has 3 N–H and O–H groups in total. The van der Waals surface area contributed by atoms with E-state index in [4.69, 9.17) is 14.5 Å². The van der Waals surface area contributed by atoms with Gasteiger partial charge in [0.25, 0.3) is 0 Å². The first-order valence-corrected chi connectivity index (χ1v) is 10.7. The highest BCUT2D eigenvalue weighted by Gasteiger charge is 2.20. The first-order chi connectivity index (χ1) is 13.7. The zero-order valence-corrected chi connectivity index (χ0v) is 19.8. The van der Waals surface area contributed by atoms with Crippen molar-refractivity contribution in [1.29, 1.82) is 0 Å². The van der Waals surface area contributed by atoms with Crippen LogP contribution in [0.4, 0.5) is 0 Å². The van der Waals surface area contributed by atoms with Crippen molar-refractivity contribution in [2.45, 2.75) is 76.9 Å². The Bertz CT molecular complexity index is 615. The third kappa shape index (κ3) is 8.78. The van der Waals surface area contributed by atoms with E-state index in [0.717, 1.165) is 64.2 Å². The second-order valence-electron chi connectivity index (χ2n) is 7.79.